The van der Waals surface area contributed by atoms with E-state index in [0.717, 1.165) is 30.5 Å². The summed E-state index contributed by atoms with van der Waals surface area (Å²) in [6.45, 7) is 3.90. The number of fused-ring (bicyclic) bond motifs is 1. The SMILES string of the molecule is COc1ccc(NC(=O)[C@H]2CCCc3[nH]ncc32)cc1OC(C)C. The lowest BCUT2D eigenvalue weighted by Crippen LogP contribution is -2.24. The Hall–Kier alpha value is -2.50. The lowest BCUT2D eigenvalue weighted by molar-refractivity contribution is -0.117. The monoisotopic (exact) mass is 329 g/mol. The van der Waals surface area contributed by atoms with Crippen LogP contribution in [-0.2, 0) is 11.2 Å². The molecule has 1 atom stereocenters. The summed E-state index contributed by atoms with van der Waals surface area (Å²) in [4.78, 5) is 12.7. The van der Waals surface area contributed by atoms with E-state index in [1.807, 2.05) is 19.9 Å². The molecule has 1 aliphatic rings. The molecule has 2 N–H and O–H groups in total. The first-order chi connectivity index (χ1) is 11.6. The molecule has 3 rings (SSSR count). The molecule has 24 heavy (non-hydrogen) atoms. The van der Waals surface area contributed by atoms with Crippen molar-refractivity contribution in [3.05, 3.63) is 35.7 Å². The van der Waals surface area contributed by atoms with Gasteiger partial charge in [-0.25, -0.2) is 0 Å². The summed E-state index contributed by atoms with van der Waals surface area (Å²) in [7, 11) is 1.60. The number of amides is 1. The molecule has 0 fully saturated rings. The van der Waals surface area contributed by atoms with Gasteiger partial charge in [-0.15, -0.1) is 0 Å². The van der Waals surface area contributed by atoms with Gasteiger partial charge in [-0.1, -0.05) is 0 Å². The summed E-state index contributed by atoms with van der Waals surface area (Å²) in [5, 5.41) is 10.0. The highest BCUT2D eigenvalue weighted by Crippen LogP contribution is 2.34. The Balaban J connectivity index is 1.78. The molecule has 0 aliphatic heterocycles. The predicted octanol–water partition coefficient (Wildman–Crippen LogP) is 3.26. The Bertz CT molecular complexity index is 724. The lowest BCUT2D eigenvalue weighted by atomic mass is 9.86. The number of aromatic amines is 1. The Morgan fingerprint density at radius 2 is 2.21 bits per heavy atom. The molecule has 0 saturated heterocycles. The highest BCUT2D eigenvalue weighted by molar-refractivity contribution is 5.96. The number of nitrogens with zero attached hydrogens (tertiary/aromatic N) is 1. The fraction of sp³-hybridized carbons (Fsp3) is 0.444. The number of benzene rings is 1. The zero-order chi connectivity index (χ0) is 17.1. The van der Waals surface area contributed by atoms with Gasteiger partial charge in [0.15, 0.2) is 11.5 Å². The molecule has 1 heterocycles. The van der Waals surface area contributed by atoms with Crippen LogP contribution in [0.2, 0.25) is 0 Å². The highest BCUT2D eigenvalue weighted by Gasteiger charge is 2.28. The van der Waals surface area contributed by atoms with Crippen LogP contribution in [0.25, 0.3) is 0 Å². The molecule has 0 bridgehead atoms. The van der Waals surface area contributed by atoms with Crippen LogP contribution < -0.4 is 14.8 Å². The van der Waals surface area contributed by atoms with Crippen molar-refractivity contribution in [3.8, 4) is 11.5 Å². The van der Waals surface area contributed by atoms with Crippen LogP contribution in [0.15, 0.2) is 24.4 Å². The van der Waals surface area contributed by atoms with Gasteiger partial charge in [0.25, 0.3) is 0 Å². The number of aryl methyl sites for hydroxylation is 1. The molecule has 6 nitrogen and oxygen atoms in total. The Labute approximate surface area is 141 Å². The fourth-order valence-electron chi connectivity index (χ4n) is 3.06. The molecule has 0 saturated carbocycles. The van der Waals surface area contributed by atoms with Crippen molar-refractivity contribution in [1.82, 2.24) is 10.2 Å². The van der Waals surface area contributed by atoms with Gasteiger partial charge in [0, 0.05) is 23.0 Å². The van der Waals surface area contributed by atoms with Gasteiger partial charge >= 0.3 is 0 Å². The molecule has 0 radical (unpaired) electrons. The maximum absolute atomic E-state index is 12.7. The van der Waals surface area contributed by atoms with Crippen LogP contribution in [-0.4, -0.2) is 29.3 Å². The second-order valence-corrected chi connectivity index (χ2v) is 6.27. The molecule has 1 amide bonds. The number of carbonyl (C=O) groups is 1. The smallest absolute Gasteiger partial charge is 0.232 e. The van der Waals surface area contributed by atoms with E-state index in [2.05, 4.69) is 15.5 Å². The third kappa shape index (κ3) is 3.37. The standard InChI is InChI=1S/C18H23N3O3/c1-11(2)24-17-9-12(7-8-16(17)23-3)20-18(22)13-5-4-6-15-14(13)10-19-21-15/h7-11,13H,4-6H2,1-3H3,(H,19,21)(H,20,22)/t13-/m0/s1. The van der Waals surface area contributed by atoms with Crippen LogP contribution in [0.3, 0.4) is 0 Å². The fourth-order valence-corrected chi connectivity index (χ4v) is 3.06. The summed E-state index contributed by atoms with van der Waals surface area (Å²) in [6.07, 6.45) is 4.56. The Kier molecular flexibility index (Phi) is 4.74. The summed E-state index contributed by atoms with van der Waals surface area (Å²) >= 11 is 0. The van der Waals surface area contributed by atoms with Crippen LogP contribution in [0.4, 0.5) is 5.69 Å². The minimum Gasteiger partial charge on any atom is -0.493 e. The summed E-state index contributed by atoms with van der Waals surface area (Å²) in [6, 6.07) is 5.43. The van der Waals surface area contributed by atoms with Gasteiger partial charge in [0.05, 0.1) is 25.3 Å². The van der Waals surface area contributed by atoms with E-state index in [-0.39, 0.29) is 17.9 Å². The van der Waals surface area contributed by atoms with Crippen molar-refractivity contribution in [3.63, 3.8) is 0 Å². The molecule has 1 aromatic carbocycles. The molecule has 0 unspecified atom stereocenters. The quantitative estimate of drug-likeness (QED) is 0.883. The zero-order valence-corrected chi connectivity index (χ0v) is 14.3. The topological polar surface area (TPSA) is 76.2 Å². The molecular formula is C18H23N3O3. The third-order valence-corrected chi connectivity index (χ3v) is 4.16. The predicted molar refractivity (Wildman–Crippen MR) is 91.7 cm³/mol. The number of hydrogen-bond acceptors (Lipinski definition) is 4. The van der Waals surface area contributed by atoms with E-state index in [1.165, 1.54) is 0 Å². The van der Waals surface area contributed by atoms with Crippen LogP contribution in [0.1, 0.15) is 43.9 Å². The van der Waals surface area contributed by atoms with Crippen molar-refractivity contribution in [2.75, 3.05) is 12.4 Å². The minimum atomic E-state index is -0.163. The van der Waals surface area contributed by atoms with Crippen LogP contribution in [0.5, 0.6) is 11.5 Å². The number of carbonyl (C=O) groups excluding carboxylic acids is 1. The van der Waals surface area contributed by atoms with Crippen molar-refractivity contribution in [2.24, 2.45) is 0 Å². The summed E-state index contributed by atoms with van der Waals surface area (Å²) in [5.74, 6) is 1.09. The molecule has 6 heteroatoms. The van der Waals surface area contributed by atoms with Gasteiger partial charge in [0.1, 0.15) is 0 Å². The van der Waals surface area contributed by atoms with Crippen molar-refractivity contribution >= 4 is 11.6 Å². The maximum atomic E-state index is 12.7. The van der Waals surface area contributed by atoms with Gasteiger partial charge in [-0.05, 0) is 45.2 Å². The maximum Gasteiger partial charge on any atom is 0.232 e. The van der Waals surface area contributed by atoms with Gasteiger partial charge in [-0.2, -0.15) is 5.10 Å². The number of rotatable bonds is 5. The molecule has 0 spiro atoms. The van der Waals surface area contributed by atoms with Crippen LogP contribution >= 0.6 is 0 Å². The third-order valence-electron chi connectivity index (χ3n) is 4.16. The van der Waals surface area contributed by atoms with E-state index in [4.69, 9.17) is 9.47 Å². The number of methoxy groups -OCH3 is 1. The Morgan fingerprint density at radius 3 is 2.96 bits per heavy atom. The first-order valence-electron chi connectivity index (χ1n) is 8.26. The number of hydrogen-bond donors (Lipinski definition) is 2. The molecule has 1 aromatic heterocycles. The first-order valence-corrected chi connectivity index (χ1v) is 8.26. The zero-order valence-electron chi connectivity index (χ0n) is 14.3. The molecule has 2 aromatic rings. The second kappa shape index (κ2) is 6.95. The van der Waals surface area contributed by atoms with E-state index in [0.29, 0.717) is 17.2 Å². The second-order valence-electron chi connectivity index (χ2n) is 6.27. The average Bonchev–Trinajstić information content (AvgIpc) is 3.03. The Morgan fingerprint density at radius 1 is 1.38 bits per heavy atom. The largest absolute Gasteiger partial charge is 0.493 e. The van der Waals surface area contributed by atoms with Gasteiger partial charge in [-0.3, -0.25) is 9.89 Å². The molecule has 1 aliphatic carbocycles. The summed E-state index contributed by atoms with van der Waals surface area (Å²) in [5.41, 5.74) is 2.78. The van der Waals surface area contributed by atoms with Crippen molar-refractivity contribution in [1.29, 1.82) is 0 Å². The number of ether oxygens (including phenoxy) is 2. The molecule has 128 valence electrons. The van der Waals surface area contributed by atoms with Crippen molar-refractivity contribution in [2.45, 2.75) is 45.1 Å². The van der Waals surface area contributed by atoms with E-state index >= 15 is 0 Å². The minimum absolute atomic E-state index is 0.0157. The molecular weight excluding hydrogens is 306 g/mol. The van der Waals surface area contributed by atoms with Crippen LogP contribution in [0, 0.1) is 0 Å². The number of nitrogens with one attached hydrogen (secondary N) is 2. The summed E-state index contributed by atoms with van der Waals surface area (Å²) < 4.78 is 11.1. The number of anilines is 1. The van der Waals surface area contributed by atoms with Gasteiger partial charge < -0.3 is 14.8 Å². The van der Waals surface area contributed by atoms with E-state index in [1.54, 1.807) is 25.4 Å². The lowest BCUT2D eigenvalue weighted by Gasteiger charge is -2.21. The van der Waals surface area contributed by atoms with E-state index in [9.17, 15) is 4.79 Å². The van der Waals surface area contributed by atoms with E-state index < -0.39 is 0 Å². The number of aromatic nitrogens is 2. The highest BCUT2D eigenvalue weighted by atomic mass is 16.5. The normalized spacial score (nSPS) is 16.6. The van der Waals surface area contributed by atoms with Gasteiger partial charge in [0.2, 0.25) is 5.91 Å². The average molecular weight is 329 g/mol. The number of H-pyrrole nitrogens is 1. The first kappa shape index (κ1) is 16.4. The van der Waals surface area contributed by atoms with Crippen molar-refractivity contribution < 1.29 is 14.3 Å².